The Labute approximate surface area is 165 Å². The molecule has 2 atom stereocenters. The van der Waals surface area contributed by atoms with Crippen molar-refractivity contribution >= 4 is 23.0 Å². The predicted molar refractivity (Wildman–Crippen MR) is 102 cm³/mol. The van der Waals surface area contributed by atoms with Gasteiger partial charge in [0.15, 0.2) is 5.78 Å². The molecule has 2 aliphatic rings. The number of hydrogen-bond donors (Lipinski definition) is 1. The van der Waals surface area contributed by atoms with Crippen molar-refractivity contribution in [2.45, 2.75) is 32.4 Å². The summed E-state index contributed by atoms with van der Waals surface area (Å²) in [5.41, 5.74) is 1.69. The van der Waals surface area contributed by atoms with Crippen molar-refractivity contribution < 1.29 is 23.1 Å². The summed E-state index contributed by atoms with van der Waals surface area (Å²) in [5, 5.41) is 10.3. The number of aliphatic hydroxyl groups excluding tert-OH is 1. The highest BCUT2D eigenvalue weighted by Gasteiger charge is 2.41. The minimum Gasteiger partial charge on any atom is -0.511 e. The number of alkyl halides is 3. The lowest BCUT2D eigenvalue weighted by molar-refractivity contribution is -0.137. The normalized spacial score (nSPS) is 22.1. The predicted octanol–water partition coefficient (Wildman–Crippen LogP) is 6.60. The van der Waals surface area contributed by atoms with Crippen LogP contribution < -0.4 is 0 Å². The Bertz CT molecular complexity index is 1010. The first-order valence-corrected chi connectivity index (χ1v) is 9.50. The Morgan fingerprint density at radius 3 is 2.39 bits per heavy atom. The summed E-state index contributed by atoms with van der Waals surface area (Å²) in [4.78, 5) is 12.8. The molecular weight excluding hydrogens is 389 g/mol. The van der Waals surface area contributed by atoms with Crippen LogP contribution in [-0.2, 0) is 11.0 Å². The summed E-state index contributed by atoms with van der Waals surface area (Å²) in [6.07, 6.45) is -2.32. The second-order valence-corrected chi connectivity index (χ2v) is 7.96. The molecule has 146 valence electrons. The van der Waals surface area contributed by atoms with E-state index in [0.29, 0.717) is 28.7 Å². The lowest BCUT2D eigenvalue weighted by atomic mass is 9.81. The summed E-state index contributed by atoms with van der Waals surface area (Å²) in [6, 6.07) is 8.91. The van der Waals surface area contributed by atoms with Crippen LogP contribution in [0, 0.1) is 18.8 Å². The molecule has 0 unspecified atom stereocenters. The van der Waals surface area contributed by atoms with Crippen molar-refractivity contribution in [3.63, 3.8) is 0 Å². The molecule has 1 N–H and O–H groups in total. The van der Waals surface area contributed by atoms with E-state index in [1.54, 1.807) is 18.2 Å². The monoisotopic (exact) mass is 406 g/mol. The maximum atomic E-state index is 13.2. The molecule has 6 heteroatoms. The Kier molecular flexibility index (Phi) is 4.53. The van der Waals surface area contributed by atoms with E-state index in [2.05, 4.69) is 0 Å². The third-order valence-corrected chi connectivity index (χ3v) is 6.13. The van der Waals surface area contributed by atoms with E-state index in [1.165, 1.54) is 12.1 Å². The van der Waals surface area contributed by atoms with Gasteiger partial charge in [0, 0.05) is 11.8 Å². The largest absolute Gasteiger partial charge is 0.511 e. The van der Waals surface area contributed by atoms with E-state index >= 15 is 0 Å². The second kappa shape index (κ2) is 6.66. The number of ketones is 1. The van der Waals surface area contributed by atoms with E-state index in [1.807, 2.05) is 6.92 Å². The Morgan fingerprint density at radius 2 is 1.68 bits per heavy atom. The van der Waals surface area contributed by atoms with Gasteiger partial charge in [0.05, 0.1) is 16.2 Å². The van der Waals surface area contributed by atoms with Gasteiger partial charge in [0.1, 0.15) is 5.76 Å². The van der Waals surface area contributed by atoms with Gasteiger partial charge < -0.3 is 5.11 Å². The number of carbonyl (C=O) groups is 1. The summed E-state index contributed by atoms with van der Waals surface area (Å²) >= 11 is 5.72. The number of aryl methyl sites for hydroxylation is 1. The number of rotatable bonds is 2. The van der Waals surface area contributed by atoms with Crippen molar-refractivity contribution in [3.05, 3.63) is 63.9 Å². The minimum atomic E-state index is -4.56. The number of benzene rings is 2. The van der Waals surface area contributed by atoms with Crippen LogP contribution in [0.2, 0.25) is 5.02 Å². The number of fused-ring (bicyclic) bond motifs is 2. The number of allylic oxidation sites excluding steroid dienone is 2. The van der Waals surface area contributed by atoms with Crippen molar-refractivity contribution in [1.82, 2.24) is 0 Å². The average molecular weight is 407 g/mol. The first-order chi connectivity index (χ1) is 13.2. The highest BCUT2D eigenvalue weighted by molar-refractivity contribution is 6.31. The Morgan fingerprint density at radius 1 is 1.04 bits per heavy atom. The van der Waals surface area contributed by atoms with Gasteiger partial charge >= 0.3 is 6.18 Å². The maximum Gasteiger partial charge on any atom is 0.417 e. The SMILES string of the molecule is Cc1ccc(-c2ccc(Cl)c(C(F)(F)F)c2)cc1C1=C(O)[C@@H]2CC[C@@H](C2)C1=O. The number of Topliss-reactive ketones (excluding diaryl/α,β-unsaturated/α-hetero) is 1. The van der Waals surface area contributed by atoms with Gasteiger partial charge in [0.2, 0.25) is 0 Å². The molecule has 4 rings (SSSR count). The molecule has 0 spiro atoms. The van der Waals surface area contributed by atoms with Gasteiger partial charge in [-0.2, -0.15) is 13.2 Å². The molecule has 0 aliphatic heterocycles. The van der Waals surface area contributed by atoms with Gasteiger partial charge in [0.25, 0.3) is 0 Å². The molecule has 2 nitrogen and oxygen atoms in total. The van der Waals surface area contributed by atoms with E-state index in [4.69, 9.17) is 11.6 Å². The summed E-state index contributed by atoms with van der Waals surface area (Å²) in [6.45, 7) is 1.83. The molecule has 28 heavy (non-hydrogen) atoms. The lowest BCUT2D eigenvalue weighted by Crippen LogP contribution is -2.21. The van der Waals surface area contributed by atoms with Crippen molar-refractivity contribution in [1.29, 1.82) is 0 Å². The van der Waals surface area contributed by atoms with Crippen molar-refractivity contribution in [3.8, 4) is 11.1 Å². The molecule has 2 aromatic rings. The lowest BCUT2D eigenvalue weighted by Gasteiger charge is -2.23. The molecular formula is C22H18ClF3O2. The van der Waals surface area contributed by atoms with Crippen LogP contribution in [0.5, 0.6) is 0 Å². The third kappa shape index (κ3) is 3.12. The van der Waals surface area contributed by atoms with E-state index in [-0.39, 0.29) is 28.4 Å². The average Bonchev–Trinajstić information content (AvgIpc) is 3.08. The maximum absolute atomic E-state index is 13.2. The smallest absolute Gasteiger partial charge is 0.417 e. The molecule has 2 aromatic carbocycles. The minimum absolute atomic E-state index is 0.00637. The third-order valence-electron chi connectivity index (χ3n) is 5.80. The summed E-state index contributed by atoms with van der Waals surface area (Å²) < 4.78 is 39.6. The molecule has 0 radical (unpaired) electrons. The van der Waals surface area contributed by atoms with E-state index in [9.17, 15) is 23.1 Å². The molecule has 1 fully saturated rings. The zero-order chi connectivity index (χ0) is 20.2. The first kappa shape index (κ1) is 19.1. The summed E-state index contributed by atoms with van der Waals surface area (Å²) in [7, 11) is 0. The van der Waals surface area contributed by atoms with Gasteiger partial charge in [-0.25, -0.2) is 0 Å². The van der Waals surface area contributed by atoms with Crippen LogP contribution in [0.1, 0.15) is 36.0 Å². The van der Waals surface area contributed by atoms with Gasteiger partial charge in [-0.05, 0) is 66.6 Å². The number of aliphatic hydroxyl groups is 1. The Hall–Kier alpha value is -2.27. The van der Waals surface area contributed by atoms with Crippen LogP contribution >= 0.6 is 11.6 Å². The number of carbonyl (C=O) groups excluding carboxylic acids is 1. The molecule has 0 aromatic heterocycles. The highest BCUT2D eigenvalue weighted by Crippen LogP contribution is 2.46. The zero-order valence-electron chi connectivity index (χ0n) is 15.1. The quantitative estimate of drug-likeness (QED) is 0.609. The molecule has 0 saturated heterocycles. The van der Waals surface area contributed by atoms with Crippen molar-refractivity contribution in [2.24, 2.45) is 11.8 Å². The molecule has 0 amide bonds. The number of hydrogen-bond acceptors (Lipinski definition) is 2. The van der Waals surface area contributed by atoms with E-state index < -0.39 is 11.7 Å². The zero-order valence-corrected chi connectivity index (χ0v) is 15.9. The topological polar surface area (TPSA) is 37.3 Å². The van der Waals surface area contributed by atoms with E-state index in [0.717, 1.165) is 24.5 Å². The van der Waals surface area contributed by atoms with Crippen LogP contribution in [0.4, 0.5) is 13.2 Å². The molecule has 2 aliphatic carbocycles. The van der Waals surface area contributed by atoms with Crippen LogP contribution in [0.25, 0.3) is 16.7 Å². The van der Waals surface area contributed by atoms with Gasteiger partial charge in [-0.15, -0.1) is 0 Å². The molecule has 1 saturated carbocycles. The fourth-order valence-corrected chi connectivity index (χ4v) is 4.49. The second-order valence-electron chi connectivity index (χ2n) is 7.55. The van der Waals surface area contributed by atoms with Crippen molar-refractivity contribution in [2.75, 3.05) is 0 Å². The van der Waals surface area contributed by atoms with Gasteiger partial charge in [-0.1, -0.05) is 29.8 Å². The fraction of sp³-hybridized carbons (Fsp3) is 0.318. The van der Waals surface area contributed by atoms with Crippen LogP contribution in [0.3, 0.4) is 0 Å². The van der Waals surface area contributed by atoms with Crippen LogP contribution in [0.15, 0.2) is 42.2 Å². The summed E-state index contributed by atoms with van der Waals surface area (Å²) in [5.74, 6) is -0.0379. The first-order valence-electron chi connectivity index (χ1n) is 9.12. The highest BCUT2D eigenvalue weighted by atomic mass is 35.5. The van der Waals surface area contributed by atoms with Crippen LogP contribution in [-0.4, -0.2) is 10.9 Å². The molecule has 0 heterocycles. The van der Waals surface area contributed by atoms with Gasteiger partial charge in [-0.3, -0.25) is 4.79 Å². The molecule has 2 bridgehead atoms. The Balaban J connectivity index is 1.83. The standard InChI is InChI=1S/C22H18ClF3O2/c1-11-2-3-12(13-6-7-18(23)17(10-13)22(24,25)26)9-16(11)19-20(27)14-4-5-15(8-14)21(19)28/h2-3,6-7,9-10,14-15,27H,4-5,8H2,1H3/t14-,15+/m1/s1. The number of halogens is 4. The fourth-order valence-electron chi connectivity index (χ4n) is 4.27.